The van der Waals surface area contributed by atoms with Crippen molar-refractivity contribution < 1.29 is 19.4 Å². The number of benzene rings is 1. The third kappa shape index (κ3) is 6.60. The smallest absolute Gasteiger partial charge is 0.335 e. The first-order valence-electron chi connectivity index (χ1n) is 7.23. The van der Waals surface area contributed by atoms with Crippen LogP contribution >= 0.6 is 0 Å². The highest BCUT2D eigenvalue weighted by Gasteiger charge is 2.09. The van der Waals surface area contributed by atoms with Crippen LogP contribution in [0.15, 0.2) is 24.3 Å². The summed E-state index contributed by atoms with van der Waals surface area (Å²) in [5.74, 6) is -0.339. The van der Waals surface area contributed by atoms with Gasteiger partial charge in [0.25, 0.3) is 0 Å². The van der Waals surface area contributed by atoms with Crippen LogP contribution in [-0.4, -0.2) is 55.4 Å². The molecule has 0 fully saturated rings. The van der Waals surface area contributed by atoms with Crippen LogP contribution in [0.3, 0.4) is 0 Å². The summed E-state index contributed by atoms with van der Waals surface area (Å²) in [4.78, 5) is 13.2. The van der Waals surface area contributed by atoms with Gasteiger partial charge >= 0.3 is 5.97 Å². The molecule has 0 aliphatic carbocycles. The van der Waals surface area contributed by atoms with E-state index >= 15 is 0 Å². The second-order valence-electron chi connectivity index (χ2n) is 5.16. The zero-order valence-electron chi connectivity index (χ0n) is 13.0. The van der Waals surface area contributed by atoms with Gasteiger partial charge in [0.1, 0.15) is 5.75 Å². The number of hydrogen-bond acceptors (Lipinski definition) is 4. The SMILES string of the molecule is COCCN(CCCOc1cccc(C(=O)O)c1)C(C)C. The molecule has 1 aromatic carbocycles. The fourth-order valence-electron chi connectivity index (χ4n) is 2.01. The molecule has 0 saturated carbocycles. The Hall–Kier alpha value is -1.59. The van der Waals surface area contributed by atoms with Crippen molar-refractivity contribution in [3.05, 3.63) is 29.8 Å². The number of ether oxygens (including phenoxy) is 2. The molecular weight excluding hydrogens is 270 g/mol. The van der Waals surface area contributed by atoms with E-state index in [-0.39, 0.29) is 5.56 Å². The summed E-state index contributed by atoms with van der Waals surface area (Å²) in [7, 11) is 1.71. The number of aromatic carboxylic acids is 1. The lowest BCUT2D eigenvalue weighted by molar-refractivity contribution is 0.0696. The Kier molecular flexibility index (Phi) is 7.79. The Bertz CT molecular complexity index is 434. The number of rotatable bonds is 10. The summed E-state index contributed by atoms with van der Waals surface area (Å²) in [5, 5.41) is 8.92. The highest BCUT2D eigenvalue weighted by Crippen LogP contribution is 2.13. The van der Waals surface area contributed by atoms with E-state index in [0.717, 1.165) is 26.1 Å². The molecule has 0 aliphatic rings. The van der Waals surface area contributed by atoms with Gasteiger partial charge in [-0.25, -0.2) is 4.79 Å². The van der Waals surface area contributed by atoms with E-state index in [1.165, 1.54) is 0 Å². The zero-order chi connectivity index (χ0) is 15.7. The number of methoxy groups -OCH3 is 1. The third-order valence-corrected chi connectivity index (χ3v) is 3.25. The van der Waals surface area contributed by atoms with Crippen LogP contribution in [-0.2, 0) is 4.74 Å². The average Bonchev–Trinajstić information content (AvgIpc) is 2.46. The Morgan fingerprint density at radius 2 is 2.05 bits per heavy atom. The summed E-state index contributed by atoms with van der Waals surface area (Å²) in [6, 6.07) is 7.04. The third-order valence-electron chi connectivity index (χ3n) is 3.25. The van der Waals surface area contributed by atoms with Crippen LogP contribution in [0.1, 0.15) is 30.6 Å². The molecule has 1 N–H and O–H groups in total. The van der Waals surface area contributed by atoms with E-state index in [4.69, 9.17) is 14.6 Å². The van der Waals surface area contributed by atoms with E-state index in [0.29, 0.717) is 18.4 Å². The fraction of sp³-hybridized carbons (Fsp3) is 0.562. The lowest BCUT2D eigenvalue weighted by atomic mass is 10.2. The first-order valence-corrected chi connectivity index (χ1v) is 7.23. The Labute approximate surface area is 126 Å². The molecule has 0 spiro atoms. The minimum Gasteiger partial charge on any atom is -0.494 e. The second-order valence-corrected chi connectivity index (χ2v) is 5.16. The van der Waals surface area contributed by atoms with E-state index in [9.17, 15) is 4.79 Å². The molecule has 5 heteroatoms. The van der Waals surface area contributed by atoms with Gasteiger partial charge < -0.3 is 14.6 Å². The van der Waals surface area contributed by atoms with Gasteiger partial charge in [0.05, 0.1) is 18.8 Å². The molecule has 0 aromatic heterocycles. The monoisotopic (exact) mass is 295 g/mol. The molecule has 1 aromatic rings. The van der Waals surface area contributed by atoms with Gasteiger partial charge in [-0.2, -0.15) is 0 Å². The first kappa shape index (κ1) is 17.5. The standard InChI is InChI=1S/C16H25NO4/c1-13(2)17(9-11-20-3)8-5-10-21-15-7-4-6-14(12-15)16(18)19/h4,6-7,12-13H,5,8-11H2,1-3H3,(H,18,19). The molecule has 5 nitrogen and oxygen atoms in total. The minimum absolute atomic E-state index is 0.247. The second kappa shape index (κ2) is 9.37. The molecule has 0 unspecified atom stereocenters. The Morgan fingerprint density at radius 3 is 2.67 bits per heavy atom. The largest absolute Gasteiger partial charge is 0.494 e. The van der Waals surface area contributed by atoms with Gasteiger partial charge in [-0.15, -0.1) is 0 Å². The summed E-state index contributed by atoms with van der Waals surface area (Å²) < 4.78 is 10.7. The fourth-order valence-corrected chi connectivity index (χ4v) is 2.01. The first-order chi connectivity index (χ1) is 10.0. The molecule has 0 amide bonds. The van der Waals surface area contributed by atoms with Crippen molar-refractivity contribution in [1.29, 1.82) is 0 Å². The predicted octanol–water partition coefficient (Wildman–Crippen LogP) is 2.51. The molecule has 1 rings (SSSR count). The Morgan fingerprint density at radius 1 is 1.29 bits per heavy atom. The maximum atomic E-state index is 10.9. The van der Waals surface area contributed by atoms with Gasteiger partial charge in [0.2, 0.25) is 0 Å². The number of carbonyl (C=O) groups is 1. The van der Waals surface area contributed by atoms with Crippen LogP contribution in [0.25, 0.3) is 0 Å². The lowest BCUT2D eigenvalue weighted by Gasteiger charge is -2.26. The molecule has 0 saturated heterocycles. The van der Waals surface area contributed by atoms with Crippen LogP contribution in [0.5, 0.6) is 5.75 Å². The van der Waals surface area contributed by atoms with Crippen molar-refractivity contribution >= 4 is 5.97 Å². The van der Waals surface area contributed by atoms with Crippen molar-refractivity contribution in [2.24, 2.45) is 0 Å². The number of hydrogen-bond donors (Lipinski definition) is 1. The molecule has 21 heavy (non-hydrogen) atoms. The number of nitrogens with zero attached hydrogens (tertiary/aromatic N) is 1. The molecular formula is C16H25NO4. The van der Waals surface area contributed by atoms with Gasteiger partial charge in [0, 0.05) is 26.2 Å². The van der Waals surface area contributed by atoms with E-state index in [1.54, 1.807) is 31.4 Å². The van der Waals surface area contributed by atoms with Gasteiger partial charge in [-0.05, 0) is 38.5 Å². The van der Waals surface area contributed by atoms with Crippen LogP contribution in [0.4, 0.5) is 0 Å². The molecule has 0 radical (unpaired) electrons. The highest BCUT2D eigenvalue weighted by molar-refractivity contribution is 5.87. The summed E-state index contributed by atoms with van der Waals surface area (Å²) in [6.07, 6.45) is 0.888. The number of carboxylic acid groups (broad SMARTS) is 1. The van der Waals surface area contributed by atoms with Crippen LogP contribution in [0.2, 0.25) is 0 Å². The van der Waals surface area contributed by atoms with Crippen LogP contribution in [0, 0.1) is 0 Å². The summed E-state index contributed by atoms with van der Waals surface area (Å²) in [5.41, 5.74) is 0.247. The molecule has 0 atom stereocenters. The van der Waals surface area contributed by atoms with Gasteiger partial charge in [-0.1, -0.05) is 6.07 Å². The van der Waals surface area contributed by atoms with Crippen molar-refractivity contribution in [3.8, 4) is 5.75 Å². The number of carboxylic acids is 1. The lowest BCUT2D eigenvalue weighted by Crippen LogP contribution is -2.35. The summed E-state index contributed by atoms with van der Waals surface area (Å²) >= 11 is 0. The van der Waals surface area contributed by atoms with Crippen molar-refractivity contribution in [3.63, 3.8) is 0 Å². The maximum absolute atomic E-state index is 10.9. The minimum atomic E-state index is -0.939. The predicted molar refractivity (Wildman–Crippen MR) is 82.1 cm³/mol. The van der Waals surface area contributed by atoms with E-state index < -0.39 is 5.97 Å². The average molecular weight is 295 g/mol. The van der Waals surface area contributed by atoms with E-state index in [2.05, 4.69) is 18.7 Å². The quantitative estimate of drug-likeness (QED) is 0.672. The normalized spacial score (nSPS) is 11.1. The molecule has 0 heterocycles. The molecule has 118 valence electrons. The molecule has 0 aliphatic heterocycles. The van der Waals surface area contributed by atoms with Crippen molar-refractivity contribution in [2.75, 3.05) is 33.4 Å². The maximum Gasteiger partial charge on any atom is 0.335 e. The highest BCUT2D eigenvalue weighted by atomic mass is 16.5. The molecule has 0 bridgehead atoms. The van der Waals surface area contributed by atoms with Crippen LogP contribution < -0.4 is 4.74 Å². The summed E-state index contributed by atoms with van der Waals surface area (Å²) in [6.45, 7) is 7.45. The van der Waals surface area contributed by atoms with Gasteiger partial charge in [0.15, 0.2) is 0 Å². The van der Waals surface area contributed by atoms with Crippen molar-refractivity contribution in [2.45, 2.75) is 26.3 Å². The topological polar surface area (TPSA) is 59.0 Å². The van der Waals surface area contributed by atoms with Crippen molar-refractivity contribution in [1.82, 2.24) is 4.90 Å². The van der Waals surface area contributed by atoms with E-state index in [1.807, 2.05) is 0 Å². The van der Waals surface area contributed by atoms with Gasteiger partial charge in [-0.3, -0.25) is 4.90 Å². The Balaban J connectivity index is 2.35. The zero-order valence-corrected chi connectivity index (χ0v) is 13.0.